The molecule has 25 heavy (non-hydrogen) atoms. The van der Waals surface area contributed by atoms with E-state index in [-0.39, 0.29) is 12.4 Å². The molecule has 1 heterocycles. The van der Waals surface area contributed by atoms with Crippen LogP contribution >= 0.6 is 23.2 Å². The number of hydrogen-bond donors (Lipinski definition) is 1. The lowest BCUT2D eigenvalue weighted by molar-refractivity contribution is -0.147. The number of carbonyl (C=O) groups excluding carboxylic acids is 2. The number of benzene rings is 1. The van der Waals surface area contributed by atoms with E-state index in [0.717, 1.165) is 24.1 Å². The zero-order chi connectivity index (χ0) is 18.1. The summed E-state index contributed by atoms with van der Waals surface area (Å²) >= 11 is 12.2. The molecule has 0 fully saturated rings. The summed E-state index contributed by atoms with van der Waals surface area (Å²) in [5.74, 6) is -1.50. The van der Waals surface area contributed by atoms with E-state index in [1.165, 1.54) is 0 Å². The van der Waals surface area contributed by atoms with Crippen molar-refractivity contribution in [3.8, 4) is 0 Å². The van der Waals surface area contributed by atoms with Crippen LogP contribution in [0, 0.1) is 5.92 Å². The van der Waals surface area contributed by atoms with E-state index >= 15 is 0 Å². The van der Waals surface area contributed by atoms with Crippen molar-refractivity contribution in [2.24, 2.45) is 5.92 Å². The van der Waals surface area contributed by atoms with Gasteiger partial charge in [0.1, 0.15) is 5.92 Å². The first-order valence-electron chi connectivity index (χ1n) is 8.27. The fraction of sp³-hybridized carbons (Fsp3) is 0.368. The van der Waals surface area contributed by atoms with Crippen LogP contribution in [0.4, 0.5) is 0 Å². The van der Waals surface area contributed by atoms with Gasteiger partial charge in [0.05, 0.1) is 16.7 Å². The van der Waals surface area contributed by atoms with Gasteiger partial charge in [0.2, 0.25) is 0 Å². The highest BCUT2D eigenvalue weighted by molar-refractivity contribution is 6.42. The van der Waals surface area contributed by atoms with Gasteiger partial charge in [-0.3, -0.25) is 9.59 Å². The zero-order valence-electron chi connectivity index (χ0n) is 13.9. The molecule has 4 nitrogen and oxygen atoms in total. The SMILES string of the molecule is C=C1NC2=C(C(=O)CCC2)C(c2ccc(Cl)c(Cl)c2)C1C(=O)OCC. The van der Waals surface area contributed by atoms with Crippen molar-refractivity contribution in [3.05, 3.63) is 57.4 Å². The number of nitrogens with one attached hydrogen (secondary N) is 1. The summed E-state index contributed by atoms with van der Waals surface area (Å²) in [6.07, 6.45) is 2.02. The second-order valence-corrected chi connectivity index (χ2v) is 7.01. The van der Waals surface area contributed by atoms with Crippen molar-refractivity contribution in [1.82, 2.24) is 5.32 Å². The van der Waals surface area contributed by atoms with Gasteiger partial charge in [-0.05, 0) is 37.5 Å². The second kappa shape index (κ2) is 7.22. The molecule has 0 saturated carbocycles. The average Bonchev–Trinajstić information content (AvgIpc) is 2.56. The van der Waals surface area contributed by atoms with E-state index in [9.17, 15) is 9.59 Å². The molecule has 2 atom stereocenters. The second-order valence-electron chi connectivity index (χ2n) is 6.20. The predicted octanol–water partition coefficient (Wildman–Crippen LogP) is 4.38. The van der Waals surface area contributed by atoms with E-state index in [0.29, 0.717) is 27.7 Å². The molecule has 6 heteroatoms. The van der Waals surface area contributed by atoms with Crippen molar-refractivity contribution >= 4 is 35.0 Å². The van der Waals surface area contributed by atoms with Gasteiger partial charge in [-0.15, -0.1) is 0 Å². The molecular weight excluding hydrogens is 361 g/mol. The molecule has 1 N–H and O–H groups in total. The Balaban J connectivity index is 2.16. The molecule has 0 bridgehead atoms. The molecule has 1 aromatic carbocycles. The quantitative estimate of drug-likeness (QED) is 0.791. The van der Waals surface area contributed by atoms with Crippen LogP contribution in [0.5, 0.6) is 0 Å². The Kier molecular flexibility index (Phi) is 5.21. The van der Waals surface area contributed by atoms with Crippen LogP contribution in [0.15, 0.2) is 41.7 Å². The summed E-state index contributed by atoms with van der Waals surface area (Å²) in [5, 5.41) is 3.98. The maximum absolute atomic E-state index is 12.7. The number of carbonyl (C=O) groups is 2. The molecule has 0 aromatic heterocycles. The summed E-state index contributed by atoms with van der Waals surface area (Å²) < 4.78 is 5.24. The van der Waals surface area contributed by atoms with Gasteiger partial charge >= 0.3 is 5.97 Å². The lowest BCUT2D eigenvalue weighted by Crippen LogP contribution is -2.41. The molecule has 0 saturated heterocycles. The van der Waals surface area contributed by atoms with Crippen LogP contribution in [0.1, 0.15) is 37.7 Å². The lowest BCUT2D eigenvalue weighted by atomic mass is 9.71. The molecule has 1 aromatic rings. The van der Waals surface area contributed by atoms with Gasteiger partial charge in [0.15, 0.2) is 5.78 Å². The average molecular weight is 380 g/mol. The Morgan fingerprint density at radius 3 is 2.76 bits per heavy atom. The summed E-state index contributed by atoms with van der Waals surface area (Å²) in [6, 6.07) is 5.20. The molecular formula is C19H19Cl2NO3. The highest BCUT2D eigenvalue weighted by atomic mass is 35.5. The van der Waals surface area contributed by atoms with Crippen LogP contribution < -0.4 is 5.32 Å². The summed E-state index contributed by atoms with van der Waals surface area (Å²) in [5.41, 5.74) is 2.79. The first kappa shape index (κ1) is 18.0. The topological polar surface area (TPSA) is 55.4 Å². The molecule has 1 aliphatic carbocycles. The molecule has 0 radical (unpaired) electrons. The van der Waals surface area contributed by atoms with E-state index in [1.54, 1.807) is 25.1 Å². The van der Waals surface area contributed by atoms with Crippen LogP contribution in [0.2, 0.25) is 10.0 Å². The molecule has 2 aliphatic rings. The van der Waals surface area contributed by atoms with Gasteiger partial charge in [-0.1, -0.05) is 35.8 Å². The van der Waals surface area contributed by atoms with E-state index < -0.39 is 17.8 Å². The van der Waals surface area contributed by atoms with Crippen molar-refractivity contribution in [3.63, 3.8) is 0 Å². The van der Waals surface area contributed by atoms with Crippen LogP contribution in [0.3, 0.4) is 0 Å². The molecule has 0 spiro atoms. The molecule has 132 valence electrons. The van der Waals surface area contributed by atoms with Crippen LogP contribution in [-0.2, 0) is 14.3 Å². The van der Waals surface area contributed by atoms with Crippen molar-refractivity contribution in [2.45, 2.75) is 32.1 Å². The van der Waals surface area contributed by atoms with Crippen molar-refractivity contribution in [1.29, 1.82) is 0 Å². The van der Waals surface area contributed by atoms with Crippen molar-refractivity contribution in [2.75, 3.05) is 6.61 Å². The molecule has 3 rings (SSSR count). The summed E-state index contributed by atoms with van der Waals surface area (Å²) in [6.45, 7) is 6.03. The fourth-order valence-electron chi connectivity index (χ4n) is 3.57. The van der Waals surface area contributed by atoms with E-state index in [1.807, 2.05) is 0 Å². The summed E-state index contributed by atoms with van der Waals surface area (Å²) in [7, 11) is 0. The smallest absolute Gasteiger partial charge is 0.315 e. The van der Waals surface area contributed by atoms with Gasteiger partial charge < -0.3 is 10.1 Å². The van der Waals surface area contributed by atoms with Gasteiger partial charge in [0, 0.05) is 29.3 Å². The first-order chi connectivity index (χ1) is 11.9. The largest absolute Gasteiger partial charge is 0.465 e. The number of hydrogen-bond acceptors (Lipinski definition) is 4. The zero-order valence-corrected chi connectivity index (χ0v) is 15.4. The maximum Gasteiger partial charge on any atom is 0.315 e. The Labute approximate surface area is 156 Å². The molecule has 0 amide bonds. The highest BCUT2D eigenvalue weighted by Crippen LogP contribution is 2.45. The summed E-state index contributed by atoms with van der Waals surface area (Å²) in [4.78, 5) is 25.3. The molecule has 1 aliphatic heterocycles. The number of ether oxygens (including phenoxy) is 1. The standard InChI is InChI=1S/C19H19Cl2NO3/c1-3-25-19(24)16-10(2)22-14-5-4-6-15(23)18(14)17(16)11-7-8-12(20)13(21)9-11/h7-9,16-17,22H,2-6H2,1H3. The number of allylic oxidation sites excluding steroid dienone is 2. The normalized spacial score (nSPS) is 23.2. The lowest BCUT2D eigenvalue weighted by Gasteiger charge is -2.38. The van der Waals surface area contributed by atoms with Gasteiger partial charge in [-0.25, -0.2) is 0 Å². The minimum Gasteiger partial charge on any atom is -0.465 e. The number of Topliss-reactive ketones (excluding diaryl/α,β-unsaturated/α-hetero) is 1. The highest BCUT2D eigenvalue weighted by Gasteiger charge is 2.43. The minimum absolute atomic E-state index is 0.0478. The Morgan fingerprint density at radius 2 is 2.08 bits per heavy atom. The predicted molar refractivity (Wildman–Crippen MR) is 97.5 cm³/mol. The third-order valence-corrected chi connectivity index (χ3v) is 5.37. The van der Waals surface area contributed by atoms with Gasteiger partial charge in [0.25, 0.3) is 0 Å². The van der Waals surface area contributed by atoms with Gasteiger partial charge in [-0.2, -0.15) is 0 Å². The molecule has 2 unspecified atom stereocenters. The fourth-order valence-corrected chi connectivity index (χ4v) is 3.88. The van der Waals surface area contributed by atoms with Crippen LogP contribution in [0.25, 0.3) is 0 Å². The maximum atomic E-state index is 12.7. The number of halogens is 2. The van der Waals surface area contributed by atoms with E-state index in [2.05, 4.69) is 11.9 Å². The first-order valence-corrected chi connectivity index (χ1v) is 9.03. The third-order valence-electron chi connectivity index (χ3n) is 4.63. The Hall–Kier alpha value is -1.78. The van der Waals surface area contributed by atoms with E-state index in [4.69, 9.17) is 27.9 Å². The minimum atomic E-state index is -0.682. The number of esters is 1. The third kappa shape index (κ3) is 3.33. The Bertz CT molecular complexity index is 785. The number of rotatable bonds is 3. The van der Waals surface area contributed by atoms with Crippen molar-refractivity contribution < 1.29 is 14.3 Å². The Morgan fingerprint density at radius 1 is 1.32 bits per heavy atom. The monoisotopic (exact) mass is 379 g/mol. The van der Waals surface area contributed by atoms with Crippen LogP contribution in [-0.4, -0.2) is 18.4 Å². The number of ketones is 1.